The number of carboxylic acids is 1. The number of aliphatic carboxylic acids is 1. The molecule has 0 aromatic heterocycles. The Morgan fingerprint density at radius 1 is 0.279 bits per heavy atom. The van der Waals surface area contributed by atoms with Gasteiger partial charge in [-0.1, -0.05) is 38.5 Å². The van der Waals surface area contributed by atoms with E-state index in [0.717, 1.165) is 122 Å². The molecular weight excluding hydrogens is 1850 g/mol. The van der Waals surface area contributed by atoms with Gasteiger partial charge in [-0.05, 0) is 77.0 Å². The predicted octanol–water partition coefficient (Wildman–Crippen LogP) is 0.198. The van der Waals surface area contributed by atoms with Gasteiger partial charge in [0.05, 0.1) is 0 Å². The molecule has 48 nitrogen and oxygen atoms in total. The SMILES string of the molecule is CC(=O)NC1C(C(=O)CCCC(=O)NCCCCC(=O)NCCN(CCNC(=O)CCCCNC(=O)CCCC(=O)C2OC(COC(C)=O)C(OC(C)=O)C(OC(C)=O)C2NC(C)=O)C(=O)CC[C@H](NC(=O)CCCCNC(=O)CCCC(=O)C2OC(COC(C)=O)C(OC(C)=O)C(OC(C)=O)C2NC(C)=O)C(=O)NCCCCCCCCCCC(=O)O)OC(COC(C)=O)C(OC(C)=O)C1OC(C)=O. The van der Waals surface area contributed by atoms with Crippen LogP contribution < -0.4 is 53.2 Å². The Kier molecular flexibility index (Phi) is 58.5. The van der Waals surface area contributed by atoms with Gasteiger partial charge in [-0.3, -0.25) is 115 Å². The van der Waals surface area contributed by atoms with Gasteiger partial charge in [-0.15, -0.1) is 0 Å². The minimum atomic E-state index is -1.53. The van der Waals surface area contributed by atoms with Crippen LogP contribution >= 0.6 is 0 Å². The van der Waals surface area contributed by atoms with Gasteiger partial charge < -0.3 is 120 Å². The van der Waals surface area contributed by atoms with Gasteiger partial charge in [0.1, 0.15) is 80.6 Å². The number of unbranched alkanes of at least 4 members (excludes halogenated alkanes) is 10. The first-order chi connectivity index (χ1) is 66.3. The van der Waals surface area contributed by atoms with Crippen LogP contribution in [0.15, 0.2) is 0 Å². The summed E-state index contributed by atoms with van der Waals surface area (Å²) < 4.78 is 65.9. The van der Waals surface area contributed by atoms with Crippen molar-refractivity contribution in [2.45, 2.75) is 367 Å². The zero-order valence-corrected chi connectivity index (χ0v) is 82.1. The van der Waals surface area contributed by atoms with Crippen molar-refractivity contribution < 1.29 is 177 Å². The molecule has 140 heavy (non-hydrogen) atoms. The van der Waals surface area contributed by atoms with Crippen molar-refractivity contribution in [2.75, 3.05) is 72.2 Å². The number of carboxylic acid groups (broad SMARTS) is 1. The smallest absolute Gasteiger partial charge is 0.303 e. The Balaban J connectivity index is 1.74. The van der Waals surface area contributed by atoms with Crippen LogP contribution in [-0.4, -0.2) is 322 Å². The Labute approximate surface area is 812 Å². The summed E-state index contributed by atoms with van der Waals surface area (Å²) in [5, 5.41) is 35.9. The quantitative estimate of drug-likeness (QED) is 0.0220. The molecule has 3 saturated heterocycles. The molecule has 0 bridgehead atoms. The second-order valence-corrected chi connectivity index (χ2v) is 34.2. The predicted molar refractivity (Wildman–Crippen MR) is 485 cm³/mol. The molecule has 0 aromatic carbocycles. The Bertz CT molecular complexity index is 4040. The van der Waals surface area contributed by atoms with E-state index < -0.39 is 259 Å². The molecule has 3 aliphatic heterocycles. The van der Waals surface area contributed by atoms with Crippen LogP contribution in [0.25, 0.3) is 0 Å². The Morgan fingerprint density at radius 3 is 0.829 bits per heavy atom. The minimum absolute atomic E-state index is 0.0229. The highest BCUT2D eigenvalue weighted by molar-refractivity contribution is 5.91. The summed E-state index contributed by atoms with van der Waals surface area (Å²) in [5.74, 6) is -16.1. The highest BCUT2D eigenvalue weighted by atomic mass is 16.7. The Morgan fingerprint density at radius 2 is 0.536 bits per heavy atom. The van der Waals surface area contributed by atoms with E-state index in [1.165, 1.54) is 4.90 Å². The summed E-state index contributed by atoms with van der Waals surface area (Å²) in [7, 11) is 0. The second kappa shape index (κ2) is 67.2. The highest BCUT2D eigenvalue weighted by Crippen LogP contribution is 2.33. The molecule has 15 unspecified atom stereocenters. The molecule has 3 fully saturated rings. The van der Waals surface area contributed by atoms with Crippen LogP contribution in [0, 0.1) is 0 Å². The largest absolute Gasteiger partial charge is 0.481 e. The van der Waals surface area contributed by atoms with Crippen molar-refractivity contribution in [2.24, 2.45) is 0 Å². The van der Waals surface area contributed by atoms with Crippen LogP contribution in [0.2, 0.25) is 0 Å². The topological polar surface area (TPSA) is 664 Å². The molecule has 3 rings (SSSR count). The summed E-state index contributed by atoms with van der Waals surface area (Å²) >= 11 is 0. The lowest BCUT2D eigenvalue weighted by atomic mass is 9.88. The number of Topliss-reactive ketones (excluding diaryl/α,β-unsaturated/α-hetero) is 3. The number of carbonyl (C=O) groups excluding carboxylic acids is 23. The first-order valence-electron chi connectivity index (χ1n) is 47.5. The summed E-state index contributed by atoms with van der Waals surface area (Å²) in [4.78, 5) is 308. The fraction of sp³-hybridized carbons (Fsp3) is 0.739. The molecule has 0 saturated carbocycles. The lowest BCUT2D eigenvalue weighted by Crippen LogP contribution is -2.67. The van der Waals surface area contributed by atoms with E-state index in [0.29, 0.717) is 25.7 Å². The van der Waals surface area contributed by atoms with Crippen molar-refractivity contribution >= 4 is 142 Å². The number of ketones is 3. The summed E-state index contributed by atoms with van der Waals surface area (Å²) in [6, 6.07) is -5.38. The molecule has 11 N–H and O–H groups in total. The van der Waals surface area contributed by atoms with Gasteiger partial charge in [0.25, 0.3) is 0 Å². The lowest BCUT2D eigenvalue weighted by molar-refractivity contribution is -0.222. The average Bonchev–Trinajstić information content (AvgIpc) is 0.786. The van der Waals surface area contributed by atoms with Crippen LogP contribution in [-0.2, 0) is 172 Å². The summed E-state index contributed by atoms with van der Waals surface area (Å²) in [5.41, 5.74) is 0. The van der Waals surface area contributed by atoms with Crippen molar-refractivity contribution in [3.8, 4) is 0 Å². The molecule has 0 radical (unpaired) electrons. The normalized spacial score (nSPS) is 20.8. The van der Waals surface area contributed by atoms with Crippen molar-refractivity contribution in [3.63, 3.8) is 0 Å². The molecule has 0 spiro atoms. The zero-order valence-electron chi connectivity index (χ0n) is 82.1. The fourth-order valence-corrected chi connectivity index (χ4v) is 15.7. The fourth-order valence-electron chi connectivity index (χ4n) is 15.7. The highest BCUT2D eigenvalue weighted by Gasteiger charge is 2.56. The third kappa shape index (κ3) is 51.1. The molecule has 788 valence electrons. The van der Waals surface area contributed by atoms with E-state index in [1.54, 1.807) is 0 Å². The first-order valence-corrected chi connectivity index (χ1v) is 47.5. The summed E-state index contributed by atoms with van der Waals surface area (Å²) in [6.45, 7) is 11.5. The molecule has 0 aromatic rings. The third-order valence-corrected chi connectivity index (χ3v) is 21.9. The van der Waals surface area contributed by atoms with Gasteiger partial charge in [0.15, 0.2) is 54.0 Å². The van der Waals surface area contributed by atoms with Gasteiger partial charge in [0, 0.05) is 206 Å². The minimum Gasteiger partial charge on any atom is -0.481 e. The van der Waals surface area contributed by atoms with Crippen molar-refractivity contribution in [1.82, 2.24) is 58.1 Å². The zero-order chi connectivity index (χ0) is 105. The van der Waals surface area contributed by atoms with Gasteiger partial charge >= 0.3 is 59.7 Å². The van der Waals surface area contributed by atoms with E-state index in [1.807, 2.05) is 0 Å². The maximum absolute atomic E-state index is 14.4. The lowest BCUT2D eigenvalue weighted by Gasteiger charge is -2.44. The number of rotatable bonds is 67. The molecule has 0 aliphatic carbocycles. The monoisotopic (exact) mass is 1990 g/mol. The van der Waals surface area contributed by atoms with Crippen LogP contribution in [0.1, 0.15) is 269 Å². The maximum Gasteiger partial charge on any atom is 0.303 e. The molecule has 48 heteroatoms. The molecule has 3 aliphatic rings. The van der Waals surface area contributed by atoms with Crippen LogP contribution in [0.5, 0.6) is 0 Å². The van der Waals surface area contributed by atoms with E-state index >= 15 is 0 Å². The first kappa shape index (κ1) is 122. The number of hydrogen-bond donors (Lipinski definition) is 11. The molecule has 3 heterocycles. The third-order valence-electron chi connectivity index (χ3n) is 21.9. The molecule has 16 atom stereocenters. The average molecular weight is 2000 g/mol. The van der Waals surface area contributed by atoms with E-state index in [2.05, 4.69) is 53.2 Å². The number of nitrogens with one attached hydrogen (secondary N) is 10. The van der Waals surface area contributed by atoms with Crippen LogP contribution in [0.3, 0.4) is 0 Å². The number of carbonyl (C=O) groups is 24. The standard InChI is InChI=1S/C92H143N11O37/c1-53(104)99-80-83(138-69(50-129-56(4)107)86(132-59(7)110)89(80)135-62(10)113)66(116)30-27-36-74(121)93-42-24-20-33-72(119)96-46-48-103(49-47-97-73(120)34-21-25-43-94-75(122)37-28-31-67(117)84-81(100-54(2)105)90(136-63(11)114)87(133-60(8)111)70(139-84)51-130-57(5)108)78(125)41-40-65(92(128)98-45-23-18-16-14-13-15-17-19-39-79(126)127)102-77(124)35-22-26-44-95-76(123)38-29-32-68(118)85-82(101-55(3)106)91(137-64(12)115)88(134-61(9)112)71(140-85)52-131-58(6)109/h65,69-71,80-91H,13-52H2,1-12H3,(H,93,121)(H,94,122)(H,95,123)(H,96,119)(H,97,120)(H,98,128)(H,99,104)(H,100,105)(H,101,106)(H,102,124)(H,126,127)/t65-,69?,70?,71?,80?,81?,82?,83?,84?,85?,86?,87?,88?,89?,90?,91?/m0/s1. The Hall–Kier alpha value is -12.2. The number of esters is 9. The number of hydrogen-bond acceptors (Lipinski definition) is 36. The van der Waals surface area contributed by atoms with Crippen molar-refractivity contribution in [3.05, 3.63) is 0 Å². The van der Waals surface area contributed by atoms with Gasteiger partial charge in [0.2, 0.25) is 65.0 Å². The van der Waals surface area contributed by atoms with E-state index in [-0.39, 0.29) is 174 Å². The number of nitrogens with zero attached hydrogens (tertiary/aromatic N) is 1. The molecule has 11 amide bonds. The van der Waals surface area contributed by atoms with Crippen LogP contribution in [0.4, 0.5) is 0 Å². The summed E-state index contributed by atoms with van der Waals surface area (Å²) in [6.07, 6.45) is -11.6. The van der Waals surface area contributed by atoms with Crippen molar-refractivity contribution in [1.29, 1.82) is 0 Å². The van der Waals surface area contributed by atoms with Gasteiger partial charge in [-0.25, -0.2) is 0 Å². The van der Waals surface area contributed by atoms with E-state index in [4.69, 9.17) is 61.9 Å². The number of amides is 11. The van der Waals surface area contributed by atoms with E-state index in [9.17, 15) is 115 Å². The van der Waals surface area contributed by atoms with Gasteiger partial charge in [-0.2, -0.15) is 0 Å². The second-order valence-electron chi connectivity index (χ2n) is 34.2. The number of ether oxygens (including phenoxy) is 12. The maximum atomic E-state index is 14.4. The molecular formula is C92H143N11O37.